The predicted octanol–water partition coefficient (Wildman–Crippen LogP) is 1.49. The summed E-state index contributed by atoms with van der Waals surface area (Å²) in [7, 11) is -0.960. The van der Waals surface area contributed by atoms with Gasteiger partial charge < -0.3 is 10.6 Å². The number of rotatable bonds is 5. The van der Waals surface area contributed by atoms with Gasteiger partial charge in [0.2, 0.25) is 0 Å². The van der Waals surface area contributed by atoms with Crippen molar-refractivity contribution in [2.24, 2.45) is 5.92 Å². The van der Waals surface area contributed by atoms with Crippen molar-refractivity contribution in [3.63, 3.8) is 0 Å². The fourth-order valence-electron chi connectivity index (χ4n) is 1.16. The summed E-state index contributed by atoms with van der Waals surface area (Å²) in [6.07, 6.45) is 5.31. The highest BCUT2D eigenvalue weighted by Crippen LogP contribution is 2.10. The van der Waals surface area contributed by atoms with Gasteiger partial charge in [-0.15, -0.1) is 6.42 Å². The molecule has 0 aliphatic rings. The normalized spacial score (nSPS) is 14.7. The Labute approximate surface area is 113 Å². The van der Waals surface area contributed by atoms with Crippen LogP contribution in [-0.4, -0.2) is 33.3 Å². The highest BCUT2D eigenvalue weighted by Gasteiger charge is 2.19. The molecule has 18 heavy (non-hydrogen) atoms. The summed E-state index contributed by atoms with van der Waals surface area (Å²) >= 11 is 0. The number of carbonyl (C=O) groups is 1. The lowest BCUT2D eigenvalue weighted by Gasteiger charge is -2.19. The lowest BCUT2D eigenvalue weighted by atomic mass is 10.1. The molecule has 0 bridgehead atoms. The molecule has 2 atom stereocenters. The first-order valence-electron chi connectivity index (χ1n) is 6.07. The molecule has 0 heterocycles. The van der Waals surface area contributed by atoms with E-state index in [0.717, 1.165) is 0 Å². The Morgan fingerprint density at radius 3 is 2.33 bits per heavy atom. The standard InChI is InChI=1S/C13H24N2O2S/c1-7-11(10(2)3)15-12(16)14-8-9-18(17)13(4,5)6/h1,10-11H,8-9H2,2-6H3,(H2,14,15,16)/t11-,18-/m1/s1. The van der Waals surface area contributed by atoms with E-state index in [2.05, 4.69) is 16.6 Å². The molecular weight excluding hydrogens is 248 g/mol. The lowest BCUT2D eigenvalue weighted by Crippen LogP contribution is -2.45. The second-order valence-electron chi connectivity index (χ2n) is 5.45. The van der Waals surface area contributed by atoms with Crippen molar-refractivity contribution in [1.82, 2.24) is 10.6 Å². The van der Waals surface area contributed by atoms with E-state index in [0.29, 0.717) is 12.3 Å². The Morgan fingerprint density at radius 2 is 1.94 bits per heavy atom. The Hall–Kier alpha value is -1.02. The number of amides is 2. The second-order valence-corrected chi connectivity index (χ2v) is 7.77. The van der Waals surface area contributed by atoms with Crippen molar-refractivity contribution >= 4 is 16.8 Å². The van der Waals surface area contributed by atoms with Crippen LogP contribution in [0.2, 0.25) is 0 Å². The van der Waals surface area contributed by atoms with Crippen LogP contribution in [0.3, 0.4) is 0 Å². The van der Waals surface area contributed by atoms with Gasteiger partial charge in [-0.25, -0.2) is 4.79 Å². The summed E-state index contributed by atoms with van der Waals surface area (Å²) in [6.45, 7) is 10.0. The molecule has 0 aromatic carbocycles. The van der Waals surface area contributed by atoms with Gasteiger partial charge in [-0.3, -0.25) is 4.21 Å². The maximum atomic E-state index is 11.7. The summed E-state index contributed by atoms with van der Waals surface area (Å²) in [5.41, 5.74) is 0. The molecule has 0 aromatic heterocycles. The molecule has 5 heteroatoms. The van der Waals surface area contributed by atoms with Crippen LogP contribution in [0.5, 0.6) is 0 Å². The van der Waals surface area contributed by atoms with Crippen LogP contribution in [0.1, 0.15) is 34.6 Å². The van der Waals surface area contributed by atoms with Crippen LogP contribution in [0.4, 0.5) is 4.79 Å². The van der Waals surface area contributed by atoms with Crippen LogP contribution in [0.25, 0.3) is 0 Å². The van der Waals surface area contributed by atoms with Crippen molar-refractivity contribution in [2.45, 2.75) is 45.4 Å². The molecule has 0 aliphatic carbocycles. The van der Waals surface area contributed by atoms with Gasteiger partial charge in [0.25, 0.3) is 0 Å². The van der Waals surface area contributed by atoms with Gasteiger partial charge in [-0.2, -0.15) is 0 Å². The minimum atomic E-state index is -0.960. The maximum Gasteiger partial charge on any atom is 0.315 e. The molecule has 104 valence electrons. The monoisotopic (exact) mass is 272 g/mol. The van der Waals surface area contributed by atoms with E-state index in [1.165, 1.54) is 0 Å². The summed E-state index contributed by atoms with van der Waals surface area (Å²) in [5, 5.41) is 5.36. The molecule has 0 fully saturated rings. The van der Waals surface area contributed by atoms with E-state index in [-0.39, 0.29) is 22.7 Å². The summed E-state index contributed by atoms with van der Waals surface area (Å²) in [6, 6.07) is -0.587. The zero-order valence-corrected chi connectivity index (χ0v) is 12.7. The van der Waals surface area contributed by atoms with Crippen LogP contribution in [-0.2, 0) is 10.8 Å². The molecule has 0 saturated heterocycles. The van der Waals surface area contributed by atoms with E-state index < -0.39 is 10.8 Å². The van der Waals surface area contributed by atoms with Gasteiger partial charge in [-0.05, 0) is 26.7 Å². The second kappa shape index (κ2) is 7.42. The number of urea groups is 1. The number of nitrogens with one attached hydrogen (secondary N) is 2. The highest BCUT2D eigenvalue weighted by atomic mass is 32.2. The van der Waals surface area contributed by atoms with Crippen LogP contribution >= 0.6 is 0 Å². The van der Waals surface area contributed by atoms with Crippen molar-refractivity contribution in [3.05, 3.63) is 0 Å². The van der Waals surface area contributed by atoms with Crippen molar-refractivity contribution < 1.29 is 9.00 Å². The van der Waals surface area contributed by atoms with E-state index in [1.807, 2.05) is 34.6 Å². The largest absolute Gasteiger partial charge is 0.337 e. The summed E-state index contributed by atoms with van der Waals surface area (Å²) in [5.74, 6) is 3.15. The van der Waals surface area contributed by atoms with Gasteiger partial charge in [0.1, 0.15) is 0 Å². The molecule has 2 amide bonds. The number of terminal acetylenes is 1. The van der Waals surface area contributed by atoms with E-state index >= 15 is 0 Å². The molecule has 0 saturated carbocycles. The molecule has 0 radical (unpaired) electrons. The van der Waals surface area contributed by atoms with Gasteiger partial charge in [0.05, 0.1) is 6.04 Å². The zero-order valence-electron chi connectivity index (χ0n) is 11.9. The van der Waals surface area contributed by atoms with Crippen LogP contribution in [0, 0.1) is 18.3 Å². The van der Waals surface area contributed by atoms with E-state index in [9.17, 15) is 9.00 Å². The average molecular weight is 272 g/mol. The van der Waals surface area contributed by atoms with Crippen molar-refractivity contribution in [2.75, 3.05) is 12.3 Å². The molecule has 0 aromatic rings. The van der Waals surface area contributed by atoms with Crippen molar-refractivity contribution in [3.8, 4) is 12.3 Å². The molecule has 0 rings (SSSR count). The van der Waals surface area contributed by atoms with Gasteiger partial charge in [-0.1, -0.05) is 19.8 Å². The molecule has 0 spiro atoms. The van der Waals surface area contributed by atoms with Gasteiger partial charge in [0.15, 0.2) is 0 Å². The van der Waals surface area contributed by atoms with Crippen LogP contribution in [0.15, 0.2) is 0 Å². The lowest BCUT2D eigenvalue weighted by molar-refractivity contribution is 0.237. The summed E-state index contributed by atoms with van der Waals surface area (Å²) in [4.78, 5) is 11.5. The zero-order chi connectivity index (χ0) is 14.3. The molecular formula is C13H24N2O2S. The smallest absolute Gasteiger partial charge is 0.315 e. The minimum Gasteiger partial charge on any atom is -0.337 e. The first-order valence-corrected chi connectivity index (χ1v) is 7.39. The number of carbonyl (C=O) groups excluding carboxylic acids is 1. The molecule has 4 nitrogen and oxygen atoms in total. The molecule has 0 aliphatic heterocycles. The molecule has 0 unspecified atom stereocenters. The Balaban J connectivity index is 4.00. The van der Waals surface area contributed by atoms with Gasteiger partial charge >= 0.3 is 6.03 Å². The third-order valence-corrected chi connectivity index (χ3v) is 4.33. The quantitative estimate of drug-likeness (QED) is 0.745. The predicted molar refractivity (Wildman–Crippen MR) is 76.8 cm³/mol. The average Bonchev–Trinajstić information content (AvgIpc) is 2.23. The van der Waals surface area contributed by atoms with Gasteiger partial charge in [0, 0.05) is 27.8 Å². The first-order chi connectivity index (χ1) is 8.18. The molecule has 2 N–H and O–H groups in total. The van der Waals surface area contributed by atoms with Crippen molar-refractivity contribution in [1.29, 1.82) is 0 Å². The van der Waals surface area contributed by atoms with E-state index in [1.54, 1.807) is 0 Å². The maximum absolute atomic E-state index is 11.7. The minimum absolute atomic E-state index is 0.185. The summed E-state index contributed by atoms with van der Waals surface area (Å²) < 4.78 is 11.5. The fourth-order valence-corrected chi connectivity index (χ4v) is 2.06. The highest BCUT2D eigenvalue weighted by molar-refractivity contribution is 7.86. The third kappa shape index (κ3) is 6.65. The van der Waals surface area contributed by atoms with E-state index in [4.69, 9.17) is 6.42 Å². The van der Waals surface area contributed by atoms with Crippen LogP contribution < -0.4 is 10.6 Å². The number of hydrogen-bond donors (Lipinski definition) is 2. The fraction of sp³-hybridized carbons (Fsp3) is 0.769. The third-order valence-electron chi connectivity index (χ3n) is 2.39. The number of hydrogen-bond acceptors (Lipinski definition) is 2. The SMILES string of the molecule is C#C[C@@H](NC(=O)NCC[S@@](=O)C(C)(C)C)C(C)C. The Morgan fingerprint density at radius 1 is 1.39 bits per heavy atom. The Kier molecular flexibility index (Phi) is 7.00. The topological polar surface area (TPSA) is 58.2 Å². The first kappa shape index (κ1) is 17.0. The Bertz CT molecular complexity index is 340.